The van der Waals surface area contributed by atoms with Crippen molar-refractivity contribution in [3.63, 3.8) is 0 Å². The Morgan fingerprint density at radius 3 is 2.31 bits per heavy atom. The Labute approximate surface area is 187 Å². The largest absolute Gasteiger partial charge is 0.393 e. The maximum atomic E-state index is 14.9. The van der Waals surface area contributed by atoms with E-state index in [-0.39, 0.29) is 35.8 Å². The molecular formula is C24H29FN4O3. The van der Waals surface area contributed by atoms with Crippen LogP contribution in [0.4, 0.5) is 14.9 Å². The number of urea groups is 1. The van der Waals surface area contributed by atoms with E-state index in [1.165, 1.54) is 11.0 Å². The first kappa shape index (κ1) is 22.2. The standard InChI is InChI=1S/C24H29FN4O3/c1-28(18-7-9-19(30)10-8-18)24(32)29(2)22-12-4-15(13-20(22)25)16-3-11-21(26-14-16)23(31)27-17-5-6-17/h3-4,11-14,17-19,30H,5-10H2,1-2H3,(H,27,31). The van der Waals surface area contributed by atoms with Crippen LogP contribution in [-0.2, 0) is 0 Å². The van der Waals surface area contributed by atoms with Gasteiger partial charge in [0.15, 0.2) is 0 Å². The lowest BCUT2D eigenvalue weighted by molar-refractivity contribution is 0.0932. The Balaban J connectivity index is 1.44. The number of hydrogen-bond acceptors (Lipinski definition) is 4. The first-order valence-electron chi connectivity index (χ1n) is 11.1. The fourth-order valence-corrected chi connectivity index (χ4v) is 4.09. The minimum Gasteiger partial charge on any atom is -0.393 e. The maximum absolute atomic E-state index is 14.9. The van der Waals surface area contributed by atoms with Crippen LogP contribution < -0.4 is 10.2 Å². The summed E-state index contributed by atoms with van der Waals surface area (Å²) in [6.07, 6.45) is 6.08. The first-order valence-corrected chi connectivity index (χ1v) is 11.1. The highest BCUT2D eigenvalue weighted by molar-refractivity contribution is 5.93. The SMILES string of the molecule is CN(C(=O)N(C)C1CCC(O)CC1)c1ccc(-c2ccc(C(=O)NC3CC3)nc2)cc1F. The Morgan fingerprint density at radius 1 is 1.03 bits per heavy atom. The highest BCUT2D eigenvalue weighted by Crippen LogP contribution is 2.28. The van der Waals surface area contributed by atoms with Crippen molar-refractivity contribution in [2.45, 2.75) is 56.7 Å². The number of hydrogen-bond donors (Lipinski definition) is 2. The van der Waals surface area contributed by atoms with Crippen LogP contribution in [0, 0.1) is 5.82 Å². The van der Waals surface area contributed by atoms with Gasteiger partial charge < -0.3 is 15.3 Å². The van der Waals surface area contributed by atoms with Crippen LogP contribution in [0.1, 0.15) is 49.0 Å². The van der Waals surface area contributed by atoms with E-state index < -0.39 is 5.82 Å². The van der Waals surface area contributed by atoms with E-state index in [1.54, 1.807) is 49.5 Å². The number of benzene rings is 1. The van der Waals surface area contributed by atoms with Crippen molar-refractivity contribution in [2.24, 2.45) is 0 Å². The van der Waals surface area contributed by atoms with Gasteiger partial charge in [-0.1, -0.05) is 12.1 Å². The average molecular weight is 441 g/mol. The van der Waals surface area contributed by atoms with Gasteiger partial charge in [-0.25, -0.2) is 9.18 Å². The zero-order valence-electron chi connectivity index (χ0n) is 18.4. The number of amides is 3. The topological polar surface area (TPSA) is 85.8 Å². The number of carbonyl (C=O) groups is 2. The fourth-order valence-electron chi connectivity index (χ4n) is 4.09. The second-order valence-corrected chi connectivity index (χ2v) is 8.76. The molecule has 2 aliphatic rings. The molecule has 4 rings (SSSR count). The van der Waals surface area contributed by atoms with Gasteiger partial charge in [0.1, 0.15) is 11.5 Å². The van der Waals surface area contributed by atoms with Crippen LogP contribution in [0.5, 0.6) is 0 Å². The lowest BCUT2D eigenvalue weighted by Crippen LogP contribution is -2.46. The minimum atomic E-state index is -0.513. The predicted octanol–water partition coefficient (Wildman–Crippen LogP) is 3.57. The van der Waals surface area contributed by atoms with E-state index in [0.717, 1.165) is 25.7 Å². The van der Waals surface area contributed by atoms with E-state index in [1.807, 2.05) is 0 Å². The molecule has 2 N–H and O–H groups in total. The number of pyridine rings is 1. The second kappa shape index (κ2) is 9.24. The summed E-state index contributed by atoms with van der Waals surface area (Å²) in [5.74, 6) is -0.710. The molecule has 1 aromatic heterocycles. The molecule has 2 aromatic rings. The van der Waals surface area contributed by atoms with Crippen molar-refractivity contribution in [2.75, 3.05) is 19.0 Å². The van der Waals surface area contributed by atoms with Gasteiger partial charge in [-0.2, -0.15) is 0 Å². The number of aliphatic hydroxyl groups is 1. The number of rotatable bonds is 5. The number of carbonyl (C=O) groups excluding carboxylic acids is 2. The summed E-state index contributed by atoms with van der Waals surface area (Å²) in [6.45, 7) is 0. The van der Waals surface area contributed by atoms with Crippen molar-refractivity contribution >= 4 is 17.6 Å². The van der Waals surface area contributed by atoms with Gasteiger partial charge in [-0.15, -0.1) is 0 Å². The molecule has 8 heteroatoms. The van der Waals surface area contributed by atoms with Crippen molar-refractivity contribution in [1.82, 2.24) is 15.2 Å². The van der Waals surface area contributed by atoms with E-state index in [2.05, 4.69) is 10.3 Å². The maximum Gasteiger partial charge on any atom is 0.324 e. The number of halogens is 1. The van der Waals surface area contributed by atoms with Crippen LogP contribution in [-0.4, -0.2) is 59.2 Å². The van der Waals surface area contributed by atoms with E-state index >= 15 is 0 Å². The highest BCUT2D eigenvalue weighted by atomic mass is 19.1. The molecule has 170 valence electrons. The van der Waals surface area contributed by atoms with Gasteiger partial charge >= 0.3 is 6.03 Å². The fraction of sp³-hybridized carbons (Fsp3) is 0.458. The molecule has 1 aromatic carbocycles. The van der Waals surface area contributed by atoms with Gasteiger partial charge in [0.05, 0.1) is 11.8 Å². The predicted molar refractivity (Wildman–Crippen MR) is 120 cm³/mol. The monoisotopic (exact) mass is 440 g/mol. The van der Waals surface area contributed by atoms with Gasteiger partial charge in [0.25, 0.3) is 5.91 Å². The van der Waals surface area contributed by atoms with Crippen LogP contribution >= 0.6 is 0 Å². The molecule has 2 aliphatic carbocycles. The molecule has 0 radical (unpaired) electrons. The summed E-state index contributed by atoms with van der Waals surface area (Å²) in [7, 11) is 3.28. The van der Waals surface area contributed by atoms with Gasteiger partial charge in [-0.05, 0) is 62.3 Å². The summed E-state index contributed by atoms with van der Waals surface area (Å²) in [5, 5.41) is 12.6. The Bertz CT molecular complexity index is 985. The molecule has 32 heavy (non-hydrogen) atoms. The van der Waals surface area contributed by atoms with Crippen LogP contribution in [0.2, 0.25) is 0 Å². The Hall–Kier alpha value is -3.00. The highest BCUT2D eigenvalue weighted by Gasteiger charge is 2.28. The quantitative estimate of drug-likeness (QED) is 0.744. The molecule has 7 nitrogen and oxygen atoms in total. The number of nitrogens with zero attached hydrogens (tertiary/aromatic N) is 3. The third-order valence-corrected chi connectivity index (χ3v) is 6.35. The molecule has 0 spiro atoms. The molecule has 3 amide bonds. The van der Waals surface area contributed by atoms with Crippen LogP contribution in [0.3, 0.4) is 0 Å². The molecule has 0 unspecified atom stereocenters. The van der Waals surface area contributed by atoms with Crippen molar-refractivity contribution in [3.8, 4) is 11.1 Å². The number of anilines is 1. The lowest BCUT2D eigenvalue weighted by Gasteiger charge is -2.35. The van der Waals surface area contributed by atoms with Crippen molar-refractivity contribution in [3.05, 3.63) is 48.0 Å². The van der Waals surface area contributed by atoms with E-state index in [4.69, 9.17) is 0 Å². The van der Waals surface area contributed by atoms with Crippen LogP contribution in [0.25, 0.3) is 11.1 Å². The molecule has 2 saturated carbocycles. The van der Waals surface area contributed by atoms with Crippen molar-refractivity contribution < 1.29 is 19.1 Å². The van der Waals surface area contributed by atoms with Crippen LogP contribution in [0.15, 0.2) is 36.5 Å². The van der Waals surface area contributed by atoms with E-state index in [9.17, 15) is 19.1 Å². The van der Waals surface area contributed by atoms with Gasteiger partial charge in [0, 0.05) is 37.9 Å². The Kier molecular flexibility index (Phi) is 6.41. The molecule has 0 atom stereocenters. The van der Waals surface area contributed by atoms with E-state index in [0.29, 0.717) is 29.7 Å². The summed E-state index contributed by atoms with van der Waals surface area (Å²) in [4.78, 5) is 32.1. The Morgan fingerprint density at radius 2 is 1.72 bits per heavy atom. The third-order valence-electron chi connectivity index (χ3n) is 6.35. The molecular weight excluding hydrogens is 411 g/mol. The number of nitrogens with one attached hydrogen (secondary N) is 1. The third kappa shape index (κ3) is 4.91. The zero-order chi connectivity index (χ0) is 22.8. The number of aromatic nitrogens is 1. The minimum absolute atomic E-state index is 0.0392. The van der Waals surface area contributed by atoms with Gasteiger partial charge in [0.2, 0.25) is 0 Å². The normalized spacial score (nSPS) is 20.5. The number of aliphatic hydroxyl groups excluding tert-OH is 1. The first-order chi connectivity index (χ1) is 15.3. The summed E-state index contributed by atoms with van der Waals surface area (Å²) < 4.78 is 14.9. The van der Waals surface area contributed by atoms with Gasteiger partial charge in [-0.3, -0.25) is 14.7 Å². The summed E-state index contributed by atoms with van der Waals surface area (Å²) in [5.41, 5.74) is 1.82. The molecule has 0 bridgehead atoms. The molecule has 1 heterocycles. The average Bonchev–Trinajstić information content (AvgIpc) is 3.62. The molecule has 0 aliphatic heterocycles. The molecule has 2 fully saturated rings. The molecule has 0 saturated heterocycles. The second-order valence-electron chi connectivity index (χ2n) is 8.76. The zero-order valence-corrected chi connectivity index (χ0v) is 18.4. The lowest BCUT2D eigenvalue weighted by atomic mass is 9.92. The smallest absolute Gasteiger partial charge is 0.324 e. The summed E-state index contributed by atoms with van der Waals surface area (Å²) >= 11 is 0. The van der Waals surface area contributed by atoms with Crippen molar-refractivity contribution in [1.29, 1.82) is 0 Å². The summed E-state index contributed by atoms with van der Waals surface area (Å²) in [6, 6.07) is 8.07.